The van der Waals surface area contributed by atoms with E-state index in [0.717, 1.165) is 63.1 Å². The van der Waals surface area contributed by atoms with E-state index < -0.39 is 12.0 Å². The van der Waals surface area contributed by atoms with E-state index >= 15 is 0 Å². The maximum absolute atomic E-state index is 12.9. The van der Waals surface area contributed by atoms with E-state index in [1.165, 1.54) is 0 Å². The van der Waals surface area contributed by atoms with Crippen molar-refractivity contribution >= 4 is 29.4 Å². The molecule has 182 valence electrons. The number of fused-ring (bicyclic) bond motifs is 1. The lowest BCUT2D eigenvalue weighted by molar-refractivity contribution is -0.138. The number of amides is 3. The number of piperidine rings is 3. The van der Waals surface area contributed by atoms with Crippen molar-refractivity contribution in [3.8, 4) is 0 Å². The molecule has 1 atom stereocenters. The van der Waals surface area contributed by atoms with Gasteiger partial charge in [-0.3, -0.25) is 24.5 Å². The van der Waals surface area contributed by atoms with Crippen LogP contribution in [0.4, 0.5) is 5.69 Å². The average molecular weight is 469 g/mol. The number of carboxylic acids is 1. The van der Waals surface area contributed by atoms with Crippen LogP contribution >= 0.6 is 0 Å². The number of benzene rings is 1. The largest absolute Gasteiger partial charge is 0.481 e. The second kappa shape index (κ2) is 9.02. The molecule has 34 heavy (non-hydrogen) atoms. The van der Waals surface area contributed by atoms with Crippen LogP contribution in [-0.4, -0.2) is 77.4 Å². The number of imide groups is 1. The third-order valence-corrected chi connectivity index (χ3v) is 8.25. The van der Waals surface area contributed by atoms with Crippen molar-refractivity contribution in [1.82, 2.24) is 15.1 Å². The molecule has 3 amide bonds. The van der Waals surface area contributed by atoms with E-state index in [1.807, 2.05) is 12.1 Å². The van der Waals surface area contributed by atoms with Crippen LogP contribution in [0.5, 0.6) is 0 Å². The maximum Gasteiger partial charge on any atom is 0.304 e. The fraction of sp³-hybridized carbons (Fsp3) is 0.600. The van der Waals surface area contributed by atoms with Crippen molar-refractivity contribution in [2.45, 2.75) is 57.5 Å². The van der Waals surface area contributed by atoms with Crippen molar-refractivity contribution < 1.29 is 24.3 Å². The summed E-state index contributed by atoms with van der Waals surface area (Å²) in [7, 11) is 0. The van der Waals surface area contributed by atoms with E-state index in [-0.39, 0.29) is 30.6 Å². The van der Waals surface area contributed by atoms with Crippen LogP contribution in [0, 0.1) is 5.41 Å². The van der Waals surface area contributed by atoms with Gasteiger partial charge in [0.05, 0.1) is 6.42 Å². The Kier molecular flexibility index (Phi) is 6.06. The van der Waals surface area contributed by atoms with Gasteiger partial charge >= 0.3 is 5.97 Å². The van der Waals surface area contributed by atoms with Gasteiger partial charge in [-0.2, -0.15) is 0 Å². The Morgan fingerprint density at radius 1 is 1.06 bits per heavy atom. The first-order valence-corrected chi connectivity index (χ1v) is 12.3. The van der Waals surface area contributed by atoms with Gasteiger partial charge in [0, 0.05) is 43.9 Å². The lowest BCUT2D eigenvalue weighted by Gasteiger charge is -2.47. The number of hydrogen-bond acceptors (Lipinski definition) is 6. The molecule has 1 spiro atoms. The molecule has 0 bridgehead atoms. The summed E-state index contributed by atoms with van der Waals surface area (Å²) in [5, 5.41) is 11.3. The van der Waals surface area contributed by atoms with Crippen molar-refractivity contribution in [2.75, 3.05) is 37.6 Å². The number of carboxylic acid groups (broad SMARTS) is 1. The Morgan fingerprint density at radius 2 is 1.76 bits per heavy atom. The highest BCUT2D eigenvalue weighted by Crippen LogP contribution is 2.42. The molecular weight excluding hydrogens is 436 g/mol. The zero-order valence-corrected chi connectivity index (χ0v) is 19.4. The van der Waals surface area contributed by atoms with Crippen LogP contribution in [0.1, 0.15) is 60.9 Å². The summed E-state index contributed by atoms with van der Waals surface area (Å²) in [6, 6.07) is 5.39. The molecule has 0 radical (unpaired) electrons. The molecule has 1 unspecified atom stereocenters. The first-order chi connectivity index (χ1) is 16.3. The Balaban J connectivity index is 1.19. The van der Waals surface area contributed by atoms with E-state index in [4.69, 9.17) is 5.11 Å². The number of aliphatic carboxylic acids is 1. The predicted molar refractivity (Wildman–Crippen MR) is 124 cm³/mol. The van der Waals surface area contributed by atoms with Gasteiger partial charge < -0.3 is 19.8 Å². The van der Waals surface area contributed by atoms with Gasteiger partial charge in [-0.25, -0.2) is 0 Å². The fourth-order valence-corrected chi connectivity index (χ4v) is 6.00. The summed E-state index contributed by atoms with van der Waals surface area (Å²) in [6.45, 7) is 4.94. The molecule has 3 saturated heterocycles. The normalized spacial score (nSPS) is 24.9. The number of rotatable bonds is 5. The van der Waals surface area contributed by atoms with Crippen LogP contribution in [0.15, 0.2) is 18.2 Å². The van der Waals surface area contributed by atoms with Gasteiger partial charge in [0.1, 0.15) is 6.04 Å². The van der Waals surface area contributed by atoms with Gasteiger partial charge in [-0.15, -0.1) is 0 Å². The molecule has 9 nitrogen and oxygen atoms in total. The van der Waals surface area contributed by atoms with Crippen LogP contribution in [0.25, 0.3) is 0 Å². The molecule has 0 aliphatic carbocycles. The summed E-state index contributed by atoms with van der Waals surface area (Å²) in [6.07, 6.45) is 5.34. The maximum atomic E-state index is 12.9. The number of carbonyl (C=O) groups excluding carboxylic acids is 3. The molecule has 3 fully saturated rings. The van der Waals surface area contributed by atoms with E-state index in [0.29, 0.717) is 30.5 Å². The zero-order chi connectivity index (χ0) is 23.9. The van der Waals surface area contributed by atoms with Crippen molar-refractivity contribution in [1.29, 1.82) is 0 Å². The predicted octanol–water partition coefficient (Wildman–Crippen LogP) is 1.60. The number of hydrogen-bond donors (Lipinski definition) is 2. The summed E-state index contributed by atoms with van der Waals surface area (Å²) in [5.74, 6) is -1.53. The van der Waals surface area contributed by atoms with Crippen LogP contribution in [0.3, 0.4) is 0 Å². The molecule has 5 rings (SSSR count). The number of likely N-dealkylation sites (tertiary alicyclic amines) is 1. The van der Waals surface area contributed by atoms with Gasteiger partial charge in [-0.1, -0.05) is 0 Å². The molecule has 0 aromatic heterocycles. The highest BCUT2D eigenvalue weighted by Gasteiger charge is 2.40. The molecule has 4 heterocycles. The summed E-state index contributed by atoms with van der Waals surface area (Å²) in [5.41, 5.74) is 3.06. The van der Waals surface area contributed by atoms with Crippen LogP contribution in [-0.2, 0) is 20.9 Å². The van der Waals surface area contributed by atoms with Gasteiger partial charge in [-0.05, 0) is 74.4 Å². The zero-order valence-electron chi connectivity index (χ0n) is 19.4. The minimum Gasteiger partial charge on any atom is -0.481 e. The van der Waals surface area contributed by atoms with Crippen molar-refractivity contribution in [3.63, 3.8) is 0 Å². The molecular formula is C25H32N4O5. The fourth-order valence-electron chi connectivity index (χ4n) is 6.00. The Morgan fingerprint density at radius 3 is 2.44 bits per heavy atom. The Labute approximate surface area is 199 Å². The molecule has 1 aromatic rings. The van der Waals surface area contributed by atoms with Gasteiger partial charge in [0.2, 0.25) is 11.8 Å². The van der Waals surface area contributed by atoms with Gasteiger partial charge in [0.15, 0.2) is 0 Å². The van der Waals surface area contributed by atoms with E-state index in [1.54, 1.807) is 4.90 Å². The quantitative estimate of drug-likeness (QED) is 0.632. The van der Waals surface area contributed by atoms with Crippen LogP contribution in [0.2, 0.25) is 0 Å². The Hall–Kier alpha value is -2.94. The molecule has 2 N–H and O–H groups in total. The minimum absolute atomic E-state index is 0.136. The number of carbonyl (C=O) groups is 4. The molecule has 9 heteroatoms. The molecule has 4 aliphatic rings. The summed E-state index contributed by atoms with van der Waals surface area (Å²) >= 11 is 0. The standard InChI is InChI=1S/C25H32N4O5/c30-21-4-3-20(23(33)26-21)29-16-17-15-18(1-2-19(17)24(29)34)28-13-8-25(9-14-28)6-11-27(12-7-25)10-5-22(31)32/h1-2,15,20H,3-14,16H2,(H,31,32)(H,26,30,33). The monoisotopic (exact) mass is 468 g/mol. The SMILES string of the molecule is O=C(O)CCN1CCC2(CC1)CCN(c1ccc3c(c1)CN(C1CCC(=O)NC1=O)C3=O)CC2. The smallest absolute Gasteiger partial charge is 0.304 e. The third kappa shape index (κ3) is 4.41. The number of nitrogens with one attached hydrogen (secondary N) is 1. The van der Waals surface area contributed by atoms with E-state index in [9.17, 15) is 19.2 Å². The van der Waals surface area contributed by atoms with E-state index in [2.05, 4.69) is 21.2 Å². The van der Waals surface area contributed by atoms with Crippen molar-refractivity contribution in [3.05, 3.63) is 29.3 Å². The summed E-state index contributed by atoms with van der Waals surface area (Å²) in [4.78, 5) is 53.8. The molecule has 4 aliphatic heterocycles. The molecule has 0 saturated carbocycles. The second-order valence-electron chi connectivity index (χ2n) is 10.2. The highest BCUT2D eigenvalue weighted by atomic mass is 16.4. The lowest BCUT2D eigenvalue weighted by Crippen LogP contribution is -2.52. The first kappa shape index (κ1) is 22.8. The topological polar surface area (TPSA) is 110 Å². The summed E-state index contributed by atoms with van der Waals surface area (Å²) < 4.78 is 0. The van der Waals surface area contributed by atoms with Crippen molar-refractivity contribution in [2.24, 2.45) is 5.41 Å². The number of nitrogens with zero attached hydrogens (tertiary/aromatic N) is 3. The minimum atomic E-state index is -0.732. The van der Waals surface area contributed by atoms with Gasteiger partial charge in [0.25, 0.3) is 5.91 Å². The highest BCUT2D eigenvalue weighted by molar-refractivity contribution is 6.05. The lowest BCUT2D eigenvalue weighted by atomic mass is 9.71. The van der Waals surface area contributed by atoms with Crippen LogP contribution < -0.4 is 10.2 Å². The third-order valence-electron chi connectivity index (χ3n) is 8.25. The second-order valence-corrected chi connectivity index (χ2v) is 10.2. The number of anilines is 1. The Bertz CT molecular complexity index is 1010. The first-order valence-electron chi connectivity index (χ1n) is 12.3. The molecule has 1 aromatic carbocycles. The average Bonchev–Trinajstić information content (AvgIpc) is 3.15.